The number of amides is 1. The van der Waals surface area contributed by atoms with Crippen molar-refractivity contribution in [3.05, 3.63) is 78.1 Å². The van der Waals surface area contributed by atoms with Gasteiger partial charge in [0.2, 0.25) is 5.16 Å². The highest BCUT2D eigenvalue weighted by atomic mass is 32.2. The Morgan fingerprint density at radius 3 is 2.78 bits per heavy atom. The van der Waals surface area contributed by atoms with Crippen LogP contribution in [0.1, 0.15) is 12.7 Å². The van der Waals surface area contributed by atoms with Gasteiger partial charge in [-0.25, -0.2) is 14.2 Å². The van der Waals surface area contributed by atoms with Crippen LogP contribution in [0.25, 0.3) is 17.0 Å². The summed E-state index contributed by atoms with van der Waals surface area (Å²) in [6, 6.07) is 15.6. The zero-order chi connectivity index (χ0) is 22.5. The van der Waals surface area contributed by atoms with E-state index in [1.807, 2.05) is 30.3 Å². The quantitative estimate of drug-likeness (QED) is 0.259. The van der Waals surface area contributed by atoms with Crippen LogP contribution in [-0.4, -0.2) is 37.6 Å². The SMILES string of the molecule is C[C@@H](Sc1nnnn1-c1ccccc1)C(=O)N/N=C/c1ccc(-c2ccc(F)cc2F)o1. The van der Waals surface area contributed by atoms with E-state index in [2.05, 4.69) is 26.1 Å². The summed E-state index contributed by atoms with van der Waals surface area (Å²) in [5.74, 6) is -1.28. The van der Waals surface area contributed by atoms with Crippen molar-refractivity contribution in [3.8, 4) is 17.0 Å². The van der Waals surface area contributed by atoms with Crippen molar-refractivity contribution in [1.29, 1.82) is 0 Å². The first-order valence-corrected chi connectivity index (χ1v) is 10.3. The maximum Gasteiger partial charge on any atom is 0.253 e. The molecule has 2 heterocycles. The summed E-state index contributed by atoms with van der Waals surface area (Å²) in [6.45, 7) is 1.70. The third-order valence-electron chi connectivity index (χ3n) is 4.28. The fourth-order valence-corrected chi connectivity index (χ4v) is 3.50. The van der Waals surface area contributed by atoms with E-state index in [1.165, 1.54) is 34.8 Å². The number of carbonyl (C=O) groups is 1. The van der Waals surface area contributed by atoms with Gasteiger partial charge < -0.3 is 4.42 Å². The van der Waals surface area contributed by atoms with E-state index in [0.29, 0.717) is 5.16 Å². The molecule has 162 valence electrons. The Balaban J connectivity index is 1.36. The van der Waals surface area contributed by atoms with E-state index in [4.69, 9.17) is 4.42 Å². The molecule has 4 aromatic rings. The fraction of sp³-hybridized carbons (Fsp3) is 0.0952. The van der Waals surface area contributed by atoms with Crippen LogP contribution < -0.4 is 5.43 Å². The Labute approximate surface area is 185 Å². The highest BCUT2D eigenvalue weighted by Gasteiger charge is 2.19. The summed E-state index contributed by atoms with van der Waals surface area (Å²) in [4.78, 5) is 12.4. The maximum absolute atomic E-state index is 13.9. The van der Waals surface area contributed by atoms with Gasteiger partial charge in [-0.05, 0) is 53.7 Å². The number of nitrogens with one attached hydrogen (secondary N) is 1. The van der Waals surface area contributed by atoms with E-state index in [0.717, 1.165) is 17.8 Å². The molecule has 0 aliphatic carbocycles. The van der Waals surface area contributed by atoms with Gasteiger partial charge in [0, 0.05) is 6.07 Å². The molecule has 1 amide bonds. The van der Waals surface area contributed by atoms with E-state index in [-0.39, 0.29) is 23.0 Å². The second-order valence-corrected chi connectivity index (χ2v) is 7.84. The summed E-state index contributed by atoms with van der Waals surface area (Å²) >= 11 is 1.18. The lowest BCUT2D eigenvalue weighted by atomic mass is 10.1. The first-order chi connectivity index (χ1) is 15.5. The monoisotopic (exact) mass is 454 g/mol. The zero-order valence-corrected chi connectivity index (χ0v) is 17.5. The molecular weight excluding hydrogens is 438 g/mol. The minimum Gasteiger partial charge on any atom is -0.455 e. The van der Waals surface area contributed by atoms with Crippen LogP contribution in [0, 0.1) is 11.6 Å². The number of nitrogens with zero attached hydrogens (tertiary/aromatic N) is 5. The van der Waals surface area contributed by atoms with Crippen molar-refractivity contribution in [1.82, 2.24) is 25.6 Å². The second-order valence-electron chi connectivity index (χ2n) is 6.53. The Morgan fingerprint density at radius 1 is 1.19 bits per heavy atom. The van der Waals surface area contributed by atoms with Crippen molar-refractivity contribution >= 4 is 23.9 Å². The molecule has 0 radical (unpaired) electrons. The Hall–Kier alpha value is -3.86. The van der Waals surface area contributed by atoms with Crippen molar-refractivity contribution in [2.45, 2.75) is 17.3 Å². The molecule has 1 atom stereocenters. The Bertz CT molecular complexity index is 1260. The van der Waals surface area contributed by atoms with Gasteiger partial charge in [-0.3, -0.25) is 4.79 Å². The summed E-state index contributed by atoms with van der Waals surface area (Å²) < 4.78 is 34.0. The molecule has 1 N–H and O–H groups in total. The van der Waals surface area contributed by atoms with Crippen molar-refractivity contribution < 1.29 is 18.0 Å². The summed E-state index contributed by atoms with van der Waals surface area (Å²) in [7, 11) is 0. The molecule has 32 heavy (non-hydrogen) atoms. The van der Waals surface area contributed by atoms with Crippen LogP contribution in [0.4, 0.5) is 8.78 Å². The van der Waals surface area contributed by atoms with Gasteiger partial charge in [0.15, 0.2) is 0 Å². The molecule has 0 aliphatic heterocycles. The van der Waals surface area contributed by atoms with Crippen LogP contribution in [0.15, 0.2) is 75.3 Å². The second kappa shape index (κ2) is 9.52. The van der Waals surface area contributed by atoms with Gasteiger partial charge in [-0.15, -0.1) is 5.10 Å². The number of para-hydroxylation sites is 1. The Kier molecular flexibility index (Phi) is 6.36. The zero-order valence-electron chi connectivity index (χ0n) is 16.6. The average Bonchev–Trinajstić information content (AvgIpc) is 3.44. The van der Waals surface area contributed by atoms with Crippen molar-refractivity contribution in [2.24, 2.45) is 5.10 Å². The van der Waals surface area contributed by atoms with Crippen LogP contribution in [0.2, 0.25) is 0 Å². The third kappa shape index (κ3) is 4.89. The first kappa shape index (κ1) is 21.4. The minimum absolute atomic E-state index is 0.122. The molecule has 2 aromatic heterocycles. The predicted octanol–water partition coefficient (Wildman–Crippen LogP) is 3.83. The van der Waals surface area contributed by atoms with Crippen LogP contribution in [0.5, 0.6) is 0 Å². The maximum atomic E-state index is 13.9. The van der Waals surface area contributed by atoms with Gasteiger partial charge in [0.05, 0.1) is 22.7 Å². The summed E-state index contributed by atoms with van der Waals surface area (Å²) in [5.41, 5.74) is 3.31. The molecule has 2 aromatic carbocycles. The van der Waals surface area contributed by atoms with Gasteiger partial charge in [-0.1, -0.05) is 30.0 Å². The lowest BCUT2D eigenvalue weighted by Crippen LogP contribution is -2.27. The topological polar surface area (TPSA) is 98.2 Å². The number of tetrazole rings is 1. The van der Waals surface area contributed by atoms with Crippen LogP contribution in [0.3, 0.4) is 0 Å². The standard InChI is InChI=1S/C21H16F2N6O2S/c1-13(32-21-26-27-28-29(21)15-5-3-2-4-6-15)20(30)25-24-12-16-8-10-19(31-16)17-9-7-14(22)11-18(17)23/h2-13H,1H3,(H,25,30)/b24-12+/t13-/m1/s1. The third-order valence-corrected chi connectivity index (χ3v) is 5.32. The molecule has 0 saturated heterocycles. The number of furan rings is 1. The summed E-state index contributed by atoms with van der Waals surface area (Å²) in [6.07, 6.45) is 1.29. The van der Waals surface area contributed by atoms with E-state index in [1.54, 1.807) is 13.0 Å². The predicted molar refractivity (Wildman–Crippen MR) is 114 cm³/mol. The normalized spacial score (nSPS) is 12.2. The number of thioether (sulfide) groups is 1. The van der Waals surface area contributed by atoms with E-state index in [9.17, 15) is 13.6 Å². The van der Waals surface area contributed by atoms with E-state index < -0.39 is 16.9 Å². The molecule has 0 aliphatic rings. The first-order valence-electron chi connectivity index (χ1n) is 9.40. The Morgan fingerprint density at radius 2 is 2.00 bits per heavy atom. The van der Waals surface area contributed by atoms with Gasteiger partial charge >= 0.3 is 0 Å². The van der Waals surface area contributed by atoms with Gasteiger partial charge in [-0.2, -0.15) is 9.78 Å². The number of benzene rings is 2. The van der Waals surface area contributed by atoms with Gasteiger partial charge in [0.25, 0.3) is 5.91 Å². The van der Waals surface area contributed by atoms with Crippen LogP contribution in [-0.2, 0) is 4.79 Å². The highest BCUT2D eigenvalue weighted by molar-refractivity contribution is 8.00. The number of rotatable bonds is 7. The fourth-order valence-electron chi connectivity index (χ4n) is 2.70. The minimum atomic E-state index is -0.736. The number of hydrogen-bond donors (Lipinski definition) is 1. The number of halogens is 2. The molecule has 0 saturated carbocycles. The molecule has 11 heteroatoms. The number of hydrazone groups is 1. The molecule has 0 bridgehead atoms. The molecule has 4 rings (SSSR count). The number of aromatic nitrogens is 4. The molecule has 0 fully saturated rings. The van der Waals surface area contributed by atoms with Crippen molar-refractivity contribution in [2.75, 3.05) is 0 Å². The number of hydrogen-bond acceptors (Lipinski definition) is 7. The lowest BCUT2D eigenvalue weighted by molar-refractivity contribution is -0.120. The molecular formula is C21H16F2N6O2S. The smallest absolute Gasteiger partial charge is 0.253 e. The average molecular weight is 454 g/mol. The van der Waals surface area contributed by atoms with Crippen molar-refractivity contribution in [3.63, 3.8) is 0 Å². The molecule has 0 spiro atoms. The van der Waals surface area contributed by atoms with Gasteiger partial charge in [0.1, 0.15) is 23.2 Å². The van der Waals surface area contributed by atoms with E-state index >= 15 is 0 Å². The molecule has 8 nitrogen and oxygen atoms in total. The number of carbonyl (C=O) groups excluding carboxylic acids is 1. The lowest BCUT2D eigenvalue weighted by Gasteiger charge is -2.09. The largest absolute Gasteiger partial charge is 0.455 e. The highest BCUT2D eigenvalue weighted by Crippen LogP contribution is 2.25. The van der Waals surface area contributed by atoms with Crippen LogP contribution >= 0.6 is 11.8 Å². The summed E-state index contributed by atoms with van der Waals surface area (Å²) in [5, 5.41) is 15.4. The molecule has 0 unspecified atom stereocenters.